The predicted molar refractivity (Wildman–Crippen MR) is 67.0 cm³/mol. The van der Waals surface area contributed by atoms with Crippen molar-refractivity contribution in [2.45, 2.75) is 6.54 Å². The monoisotopic (exact) mass is 263 g/mol. The first-order valence-corrected chi connectivity index (χ1v) is 5.58. The van der Waals surface area contributed by atoms with Gasteiger partial charge in [0.2, 0.25) is 0 Å². The Hall–Kier alpha value is -2.43. The zero-order valence-corrected chi connectivity index (χ0v) is 9.88. The number of nitrogens with zero attached hydrogens (tertiary/aromatic N) is 1. The summed E-state index contributed by atoms with van der Waals surface area (Å²) in [6.07, 6.45) is -1.41. The first-order valence-electron chi connectivity index (χ1n) is 5.58. The minimum Gasteiger partial charge on any atom is -0.465 e. The predicted octanol–water partition coefficient (Wildman–Crippen LogP) is 3.65. The second-order valence-corrected chi connectivity index (χ2v) is 3.92. The normalized spacial score (nSPS) is 10.2. The summed E-state index contributed by atoms with van der Waals surface area (Å²) in [5, 5.41) is 9.13. The van der Waals surface area contributed by atoms with Gasteiger partial charge in [-0.05, 0) is 17.7 Å². The van der Waals surface area contributed by atoms with Gasteiger partial charge < -0.3 is 5.11 Å². The van der Waals surface area contributed by atoms with Crippen molar-refractivity contribution in [2.24, 2.45) is 0 Å². The molecule has 0 atom stereocenters. The van der Waals surface area contributed by atoms with Crippen molar-refractivity contribution in [2.75, 3.05) is 4.90 Å². The van der Waals surface area contributed by atoms with E-state index in [2.05, 4.69) is 0 Å². The number of halogens is 2. The third kappa shape index (κ3) is 2.88. The first-order chi connectivity index (χ1) is 9.09. The van der Waals surface area contributed by atoms with Crippen LogP contribution in [0.4, 0.5) is 19.3 Å². The van der Waals surface area contributed by atoms with Gasteiger partial charge in [-0.25, -0.2) is 13.6 Å². The fourth-order valence-electron chi connectivity index (χ4n) is 1.76. The third-order valence-electron chi connectivity index (χ3n) is 2.62. The van der Waals surface area contributed by atoms with Gasteiger partial charge >= 0.3 is 6.09 Å². The molecular formula is C14H11F2NO2. The zero-order chi connectivity index (χ0) is 13.8. The minimum absolute atomic E-state index is 0.117. The van der Waals surface area contributed by atoms with Crippen LogP contribution in [0.1, 0.15) is 5.56 Å². The molecule has 0 saturated carbocycles. The van der Waals surface area contributed by atoms with Crippen molar-refractivity contribution in [3.8, 4) is 0 Å². The molecule has 0 aliphatic carbocycles. The van der Waals surface area contributed by atoms with E-state index in [4.69, 9.17) is 5.11 Å². The van der Waals surface area contributed by atoms with E-state index in [-0.39, 0.29) is 6.54 Å². The number of carboxylic acid groups (broad SMARTS) is 1. The number of carbonyl (C=O) groups is 1. The van der Waals surface area contributed by atoms with Crippen LogP contribution < -0.4 is 4.90 Å². The fraction of sp³-hybridized carbons (Fsp3) is 0.0714. The number of hydrogen-bond acceptors (Lipinski definition) is 1. The summed E-state index contributed by atoms with van der Waals surface area (Å²) < 4.78 is 27.2. The lowest BCUT2D eigenvalue weighted by Crippen LogP contribution is -2.30. The fourth-order valence-corrected chi connectivity index (χ4v) is 1.76. The number of para-hydroxylation sites is 1. The highest BCUT2D eigenvalue weighted by Gasteiger charge is 2.22. The lowest BCUT2D eigenvalue weighted by Gasteiger charge is -2.20. The van der Waals surface area contributed by atoms with Crippen LogP contribution in [0.5, 0.6) is 0 Å². The van der Waals surface area contributed by atoms with E-state index in [1.807, 2.05) is 0 Å². The molecule has 0 radical (unpaired) electrons. The molecule has 1 amide bonds. The van der Waals surface area contributed by atoms with E-state index < -0.39 is 23.4 Å². The van der Waals surface area contributed by atoms with Crippen molar-refractivity contribution in [3.05, 3.63) is 65.7 Å². The number of amides is 1. The minimum atomic E-state index is -1.41. The first kappa shape index (κ1) is 13.0. The second-order valence-electron chi connectivity index (χ2n) is 3.92. The average Bonchev–Trinajstić information content (AvgIpc) is 2.38. The SMILES string of the molecule is O=C(O)N(Cc1ccccc1)c1c(F)cccc1F. The Labute approximate surface area is 108 Å². The van der Waals surface area contributed by atoms with Gasteiger partial charge in [-0.2, -0.15) is 0 Å². The molecule has 0 spiro atoms. The lowest BCUT2D eigenvalue weighted by atomic mass is 10.2. The number of benzene rings is 2. The molecule has 0 unspecified atom stereocenters. The van der Waals surface area contributed by atoms with Gasteiger partial charge in [0, 0.05) is 0 Å². The zero-order valence-electron chi connectivity index (χ0n) is 9.88. The van der Waals surface area contributed by atoms with Crippen LogP contribution in [0.15, 0.2) is 48.5 Å². The summed E-state index contributed by atoms with van der Waals surface area (Å²) in [5.74, 6) is -1.81. The highest BCUT2D eigenvalue weighted by molar-refractivity contribution is 5.86. The molecule has 0 bridgehead atoms. The van der Waals surface area contributed by atoms with Crippen molar-refractivity contribution >= 4 is 11.8 Å². The van der Waals surface area contributed by atoms with Gasteiger partial charge in [-0.1, -0.05) is 36.4 Å². The Morgan fingerprint density at radius 1 is 1.00 bits per heavy atom. The maximum absolute atomic E-state index is 13.6. The Morgan fingerprint density at radius 3 is 2.11 bits per heavy atom. The van der Waals surface area contributed by atoms with Crippen molar-refractivity contribution < 1.29 is 18.7 Å². The summed E-state index contributed by atoms with van der Waals surface area (Å²) in [7, 11) is 0. The van der Waals surface area contributed by atoms with Crippen LogP contribution in [0.3, 0.4) is 0 Å². The van der Waals surface area contributed by atoms with Crippen LogP contribution in [0, 0.1) is 11.6 Å². The summed E-state index contributed by atoms with van der Waals surface area (Å²) >= 11 is 0. The summed E-state index contributed by atoms with van der Waals surface area (Å²) in [5.41, 5.74) is 0.0893. The molecule has 2 aromatic rings. The molecule has 3 nitrogen and oxygen atoms in total. The van der Waals surface area contributed by atoms with Gasteiger partial charge in [0.05, 0.1) is 6.54 Å². The van der Waals surface area contributed by atoms with Crippen LogP contribution in [-0.2, 0) is 6.54 Å². The topological polar surface area (TPSA) is 40.5 Å². The smallest absolute Gasteiger partial charge is 0.412 e. The number of hydrogen-bond donors (Lipinski definition) is 1. The summed E-state index contributed by atoms with van der Waals surface area (Å²) in [6.45, 7) is -0.117. The van der Waals surface area contributed by atoms with E-state index in [0.717, 1.165) is 12.1 Å². The molecule has 2 aromatic carbocycles. The van der Waals surface area contributed by atoms with Crippen LogP contribution >= 0.6 is 0 Å². The van der Waals surface area contributed by atoms with Crippen LogP contribution in [0.25, 0.3) is 0 Å². The third-order valence-corrected chi connectivity index (χ3v) is 2.62. The maximum atomic E-state index is 13.6. The van der Waals surface area contributed by atoms with Crippen LogP contribution in [0.2, 0.25) is 0 Å². The van der Waals surface area contributed by atoms with E-state index >= 15 is 0 Å². The largest absolute Gasteiger partial charge is 0.465 e. The van der Waals surface area contributed by atoms with E-state index in [1.54, 1.807) is 30.3 Å². The Morgan fingerprint density at radius 2 is 1.58 bits per heavy atom. The van der Waals surface area contributed by atoms with Gasteiger partial charge in [0.15, 0.2) is 0 Å². The van der Waals surface area contributed by atoms with Gasteiger partial charge in [-0.15, -0.1) is 0 Å². The molecule has 0 aliphatic rings. The lowest BCUT2D eigenvalue weighted by molar-refractivity contribution is 0.201. The van der Waals surface area contributed by atoms with E-state index in [1.165, 1.54) is 6.07 Å². The van der Waals surface area contributed by atoms with Crippen LogP contribution in [-0.4, -0.2) is 11.2 Å². The van der Waals surface area contributed by atoms with Crippen molar-refractivity contribution in [1.82, 2.24) is 0 Å². The van der Waals surface area contributed by atoms with Crippen molar-refractivity contribution in [3.63, 3.8) is 0 Å². The number of anilines is 1. The van der Waals surface area contributed by atoms with Crippen molar-refractivity contribution in [1.29, 1.82) is 0 Å². The molecule has 98 valence electrons. The molecule has 0 fully saturated rings. The molecule has 0 saturated heterocycles. The molecular weight excluding hydrogens is 252 g/mol. The van der Waals surface area contributed by atoms with E-state index in [9.17, 15) is 13.6 Å². The average molecular weight is 263 g/mol. The maximum Gasteiger partial charge on any atom is 0.412 e. The molecule has 0 heterocycles. The molecule has 0 aromatic heterocycles. The molecule has 2 rings (SSSR count). The number of rotatable bonds is 3. The Balaban J connectivity index is 2.39. The molecule has 0 aliphatic heterocycles. The second kappa shape index (κ2) is 5.48. The standard InChI is InChI=1S/C14H11F2NO2/c15-11-7-4-8-12(16)13(11)17(14(18)19)9-10-5-2-1-3-6-10/h1-8H,9H2,(H,18,19). The van der Waals surface area contributed by atoms with Gasteiger partial charge in [0.25, 0.3) is 0 Å². The van der Waals surface area contributed by atoms with Gasteiger partial charge in [-0.3, -0.25) is 4.90 Å². The molecule has 1 N–H and O–H groups in total. The summed E-state index contributed by atoms with van der Waals surface area (Å²) in [6, 6.07) is 11.9. The summed E-state index contributed by atoms with van der Waals surface area (Å²) in [4.78, 5) is 11.9. The van der Waals surface area contributed by atoms with Gasteiger partial charge in [0.1, 0.15) is 17.3 Å². The van der Waals surface area contributed by atoms with E-state index in [0.29, 0.717) is 10.5 Å². The molecule has 5 heteroatoms. The quantitative estimate of drug-likeness (QED) is 0.918. The highest BCUT2D eigenvalue weighted by Crippen LogP contribution is 2.25. The Bertz CT molecular complexity index is 567. The Kier molecular flexibility index (Phi) is 3.75. The highest BCUT2D eigenvalue weighted by atomic mass is 19.1. The molecule has 19 heavy (non-hydrogen) atoms.